The van der Waals surface area contributed by atoms with Crippen LogP contribution in [0.1, 0.15) is 31.2 Å². The van der Waals surface area contributed by atoms with Gasteiger partial charge in [-0.3, -0.25) is 9.69 Å². The van der Waals surface area contributed by atoms with Crippen LogP contribution in [0.5, 0.6) is 11.5 Å². The van der Waals surface area contributed by atoms with Crippen LogP contribution >= 0.6 is 0 Å². The summed E-state index contributed by atoms with van der Waals surface area (Å²) in [6.45, 7) is 4.90. The van der Waals surface area contributed by atoms with Crippen LogP contribution in [0.3, 0.4) is 0 Å². The van der Waals surface area contributed by atoms with Gasteiger partial charge in [-0.2, -0.15) is 0 Å². The maximum Gasteiger partial charge on any atom is 0.220 e. The van der Waals surface area contributed by atoms with Gasteiger partial charge in [-0.05, 0) is 56.0 Å². The summed E-state index contributed by atoms with van der Waals surface area (Å²) >= 11 is 0. The van der Waals surface area contributed by atoms with E-state index in [1.54, 1.807) is 14.2 Å². The summed E-state index contributed by atoms with van der Waals surface area (Å²) in [5.41, 5.74) is 1.17. The fourth-order valence-electron chi connectivity index (χ4n) is 3.91. The molecule has 1 aromatic rings. The van der Waals surface area contributed by atoms with E-state index >= 15 is 0 Å². The van der Waals surface area contributed by atoms with Gasteiger partial charge in [0.25, 0.3) is 0 Å². The van der Waals surface area contributed by atoms with Gasteiger partial charge in [0.05, 0.1) is 14.2 Å². The summed E-state index contributed by atoms with van der Waals surface area (Å²) in [6, 6.07) is 6.24. The summed E-state index contributed by atoms with van der Waals surface area (Å²) < 4.78 is 10.7. The number of hydrogen-bond acceptors (Lipinski definition) is 5. The minimum absolute atomic E-state index is 0.201. The van der Waals surface area contributed by atoms with Crippen molar-refractivity contribution in [3.63, 3.8) is 0 Å². The highest BCUT2D eigenvalue weighted by molar-refractivity contribution is 5.76. The molecule has 144 valence electrons. The van der Waals surface area contributed by atoms with Crippen molar-refractivity contribution in [2.45, 2.75) is 38.3 Å². The van der Waals surface area contributed by atoms with Gasteiger partial charge in [0.1, 0.15) is 11.5 Å². The molecule has 6 nitrogen and oxygen atoms in total. The first-order valence-corrected chi connectivity index (χ1v) is 9.60. The average Bonchev–Trinajstić information content (AvgIpc) is 3.31. The second-order valence-corrected chi connectivity index (χ2v) is 7.41. The SMILES string of the molecule is COc1cc(CN2CCC(NC(=O)CCC3CCNC3)C2)cc(OC)c1. The Labute approximate surface area is 156 Å². The number of nitrogens with one attached hydrogen (secondary N) is 2. The summed E-state index contributed by atoms with van der Waals surface area (Å²) in [4.78, 5) is 14.6. The lowest BCUT2D eigenvalue weighted by molar-refractivity contribution is -0.122. The zero-order valence-corrected chi connectivity index (χ0v) is 15.9. The Bertz CT molecular complexity index is 580. The third kappa shape index (κ3) is 5.35. The van der Waals surface area contributed by atoms with Crippen molar-refractivity contribution in [2.24, 2.45) is 5.92 Å². The van der Waals surface area contributed by atoms with Crippen molar-refractivity contribution < 1.29 is 14.3 Å². The zero-order chi connectivity index (χ0) is 18.4. The van der Waals surface area contributed by atoms with Gasteiger partial charge >= 0.3 is 0 Å². The zero-order valence-electron chi connectivity index (χ0n) is 15.9. The van der Waals surface area contributed by atoms with Crippen LogP contribution in [0.2, 0.25) is 0 Å². The highest BCUT2D eigenvalue weighted by atomic mass is 16.5. The third-order valence-corrected chi connectivity index (χ3v) is 5.40. The predicted octanol–water partition coefficient (Wildman–Crippen LogP) is 1.78. The van der Waals surface area contributed by atoms with Crippen molar-refractivity contribution in [1.82, 2.24) is 15.5 Å². The molecule has 26 heavy (non-hydrogen) atoms. The Morgan fingerprint density at radius 3 is 2.65 bits per heavy atom. The second kappa shape index (κ2) is 9.24. The molecule has 2 unspecified atom stereocenters. The van der Waals surface area contributed by atoms with Crippen LogP contribution in [-0.4, -0.2) is 57.2 Å². The van der Waals surface area contributed by atoms with Crippen LogP contribution in [0.25, 0.3) is 0 Å². The highest BCUT2D eigenvalue weighted by Crippen LogP contribution is 2.24. The van der Waals surface area contributed by atoms with Crippen LogP contribution in [0, 0.1) is 5.92 Å². The Morgan fingerprint density at radius 2 is 2.00 bits per heavy atom. The Kier molecular flexibility index (Phi) is 6.74. The molecule has 0 spiro atoms. The van der Waals surface area contributed by atoms with E-state index in [4.69, 9.17) is 9.47 Å². The van der Waals surface area contributed by atoms with Crippen molar-refractivity contribution >= 4 is 5.91 Å². The molecule has 2 saturated heterocycles. The molecule has 3 rings (SSSR count). The van der Waals surface area contributed by atoms with E-state index in [0.717, 1.165) is 57.1 Å². The standard InChI is InChI=1S/C20H31N3O3/c1-25-18-9-16(10-19(11-18)26-2)13-23-8-6-17(14-23)22-20(24)4-3-15-5-7-21-12-15/h9-11,15,17,21H,3-8,12-14H2,1-2H3,(H,22,24). The number of benzene rings is 1. The maximum absolute atomic E-state index is 12.2. The number of hydrogen-bond donors (Lipinski definition) is 2. The monoisotopic (exact) mass is 361 g/mol. The highest BCUT2D eigenvalue weighted by Gasteiger charge is 2.24. The predicted molar refractivity (Wildman–Crippen MR) is 102 cm³/mol. The molecule has 2 aliphatic rings. The third-order valence-electron chi connectivity index (χ3n) is 5.40. The molecular weight excluding hydrogens is 330 g/mol. The van der Waals surface area contributed by atoms with E-state index in [1.807, 2.05) is 18.2 Å². The Balaban J connectivity index is 1.44. The lowest BCUT2D eigenvalue weighted by Gasteiger charge is -2.18. The van der Waals surface area contributed by atoms with E-state index in [1.165, 1.54) is 12.0 Å². The second-order valence-electron chi connectivity index (χ2n) is 7.41. The normalized spacial score (nSPS) is 23.2. The van der Waals surface area contributed by atoms with Crippen molar-refractivity contribution in [2.75, 3.05) is 40.4 Å². The van der Waals surface area contributed by atoms with E-state index in [9.17, 15) is 4.79 Å². The first kappa shape index (κ1) is 19.0. The quantitative estimate of drug-likeness (QED) is 0.739. The van der Waals surface area contributed by atoms with Gasteiger partial charge in [0.2, 0.25) is 5.91 Å². The molecule has 6 heteroatoms. The fourth-order valence-corrected chi connectivity index (χ4v) is 3.91. The number of amides is 1. The lowest BCUT2D eigenvalue weighted by Crippen LogP contribution is -2.37. The smallest absolute Gasteiger partial charge is 0.220 e. The molecule has 1 aromatic carbocycles. The first-order valence-electron chi connectivity index (χ1n) is 9.60. The minimum Gasteiger partial charge on any atom is -0.497 e. The van der Waals surface area contributed by atoms with E-state index in [-0.39, 0.29) is 11.9 Å². The van der Waals surface area contributed by atoms with Crippen molar-refractivity contribution in [3.8, 4) is 11.5 Å². The molecule has 0 radical (unpaired) electrons. The number of likely N-dealkylation sites (tertiary alicyclic amines) is 1. The number of rotatable bonds is 8. The maximum atomic E-state index is 12.2. The molecular formula is C20H31N3O3. The van der Waals surface area contributed by atoms with Crippen molar-refractivity contribution in [3.05, 3.63) is 23.8 Å². The number of nitrogens with zero attached hydrogens (tertiary/aromatic N) is 1. The molecule has 0 aromatic heterocycles. The van der Waals surface area contributed by atoms with Crippen LogP contribution in [0.4, 0.5) is 0 Å². The van der Waals surface area contributed by atoms with Crippen LogP contribution in [0.15, 0.2) is 18.2 Å². The van der Waals surface area contributed by atoms with Gasteiger partial charge < -0.3 is 20.1 Å². The molecule has 0 saturated carbocycles. The molecule has 0 aliphatic carbocycles. The Morgan fingerprint density at radius 1 is 1.23 bits per heavy atom. The summed E-state index contributed by atoms with van der Waals surface area (Å²) in [7, 11) is 3.34. The fraction of sp³-hybridized carbons (Fsp3) is 0.650. The van der Waals surface area contributed by atoms with Gasteiger partial charge in [0.15, 0.2) is 0 Å². The average molecular weight is 361 g/mol. The summed E-state index contributed by atoms with van der Waals surface area (Å²) in [5, 5.41) is 6.57. The van der Waals surface area contributed by atoms with E-state index in [2.05, 4.69) is 15.5 Å². The molecule has 2 aliphatic heterocycles. The number of methoxy groups -OCH3 is 2. The minimum atomic E-state index is 0.201. The number of ether oxygens (including phenoxy) is 2. The molecule has 2 fully saturated rings. The van der Waals surface area contributed by atoms with Crippen molar-refractivity contribution in [1.29, 1.82) is 0 Å². The number of carbonyl (C=O) groups excluding carboxylic acids is 1. The molecule has 0 bridgehead atoms. The van der Waals surface area contributed by atoms with Gasteiger partial charge in [-0.1, -0.05) is 0 Å². The summed E-state index contributed by atoms with van der Waals surface area (Å²) in [5.74, 6) is 2.49. The Hall–Kier alpha value is -1.79. The largest absolute Gasteiger partial charge is 0.497 e. The molecule has 2 heterocycles. The van der Waals surface area contributed by atoms with Gasteiger partial charge in [-0.15, -0.1) is 0 Å². The molecule has 2 atom stereocenters. The van der Waals surface area contributed by atoms with Gasteiger partial charge in [-0.25, -0.2) is 0 Å². The van der Waals surface area contributed by atoms with Crippen LogP contribution < -0.4 is 20.1 Å². The van der Waals surface area contributed by atoms with Crippen LogP contribution in [-0.2, 0) is 11.3 Å². The first-order chi connectivity index (χ1) is 12.7. The molecule has 1 amide bonds. The lowest BCUT2D eigenvalue weighted by atomic mass is 10.0. The number of carbonyl (C=O) groups is 1. The summed E-state index contributed by atoms with van der Waals surface area (Å²) in [6.07, 6.45) is 3.86. The topological polar surface area (TPSA) is 62.8 Å². The van der Waals surface area contributed by atoms with E-state index < -0.39 is 0 Å². The molecule has 2 N–H and O–H groups in total. The van der Waals surface area contributed by atoms with Gasteiger partial charge in [0, 0.05) is 38.2 Å². The van der Waals surface area contributed by atoms with E-state index in [0.29, 0.717) is 12.3 Å².